The molecule has 7 heteroatoms. The molecule has 0 spiro atoms. The van der Waals surface area contributed by atoms with Crippen LogP contribution in [0.4, 0.5) is 5.69 Å². The van der Waals surface area contributed by atoms with Gasteiger partial charge in [0, 0.05) is 11.0 Å². The highest BCUT2D eigenvalue weighted by atomic mass is 79.9. The van der Waals surface area contributed by atoms with Gasteiger partial charge in [0.2, 0.25) is 0 Å². The molecule has 2 rings (SSSR count). The highest BCUT2D eigenvalue weighted by Crippen LogP contribution is 2.25. The van der Waals surface area contributed by atoms with Gasteiger partial charge in [0.25, 0.3) is 0 Å². The lowest BCUT2D eigenvalue weighted by molar-refractivity contribution is 0.926. The van der Waals surface area contributed by atoms with E-state index in [1.54, 1.807) is 18.2 Å². The van der Waals surface area contributed by atoms with Crippen LogP contribution < -0.4 is 10.6 Å². The molecule has 0 radical (unpaired) electrons. The van der Waals surface area contributed by atoms with Gasteiger partial charge in [0.15, 0.2) is 5.11 Å². The Hall–Kier alpha value is -0.520. The third-order valence-electron chi connectivity index (χ3n) is 2.62. The van der Waals surface area contributed by atoms with Crippen molar-refractivity contribution in [3.8, 4) is 0 Å². The first-order chi connectivity index (χ1) is 9.95. The third kappa shape index (κ3) is 5.01. The van der Waals surface area contributed by atoms with Crippen LogP contribution in [0.25, 0.3) is 0 Å². The van der Waals surface area contributed by atoms with Crippen LogP contribution in [0.1, 0.15) is 5.56 Å². The molecular weight excluding hydrogens is 414 g/mol. The van der Waals surface area contributed by atoms with Crippen molar-refractivity contribution in [2.75, 3.05) is 5.32 Å². The summed E-state index contributed by atoms with van der Waals surface area (Å²) in [6, 6.07) is 11.0. The average molecular weight is 425 g/mol. The molecule has 110 valence electrons. The molecule has 2 N–H and O–H groups in total. The number of thiocarbonyl (C=S) groups is 1. The van der Waals surface area contributed by atoms with E-state index in [4.69, 9.17) is 47.0 Å². The minimum Gasteiger partial charge on any atom is -0.358 e. The normalized spacial score (nSPS) is 10.3. The fourth-order valence-electron chi connectivity index (χ4n) is 1.59. The molecular formula is C14H10BrCl3N2S. The Morgan fingerprint density at radius 3 is 2.43 bits per heavy atom. The van der Waals surface area contributed by atoms with Crippen LogP contribution in [-0.4, -0.2) is 5.11 Å². The molecule has 0 atom stereocenters. The van der Waals surface area contributed by atoms with Gasteiger partial charge >= 0.3 is 0 Å². The van der Waals surface area contributed by atoms with E-state index in [2.05, 4.69) is 26.6 Å². The Morgan fingerprint density at radius 1 is 1.00 bits per heavy atom. The van der Waals surface area contributed by atoms with Crippen LogP contribution in [0.5, 0.6) is 0 Å². The van der Waals surface area contributed by atoms with Crippen LogP contribution >= 0.6 is 63.0 Å². The number of anilines is 1. The lowest BCUT2D eigenvalue weighted by Gasteiger charge is -2.12. The maximum Gasteiger partial charge on any atom is 0.171 e. The van der Waals surface area contributed by atoms with Gasteiger partial charge in [0.1, 0.15) is 0 Å². The molecule has 2 aromatic rings. The molecule has 0 unspecified atom stereocenters. The molecule has 0 aromatic heterocycles. The Labute approximate surface area is 151 Å². The second-order valence-electron chi connectivity index (χ2n) is 4.18. The summed E-state index contributed by atoms with van der Waals surface area (Å²) in [5.41, 5.74) is 1.72. The molecule has 0 fully saturated rings. The molecule has 0 aliphatic carbocycles. The Morgan fingerprint density at radius 2 is 1.76 bits per heavy atom. The van der Waals surface area contributed by atoms with Gasteiger partial charge in [-0.3, -0.25) is 0 Å². The summed E-state index contributed by atoms with van der Waals surface area (Å²) in [4.78, 5) is 0. The summed E-state index contributed by atoms with van der Waals surface area (Å²) in [6.45, 7) is 0.539. The quantitative estimate of drug-likeness (QED) is 0.600. The smallest absolute Gasteiger partial charge is 0.171 e. The molecule has 0 bridgehead atoms. The summed E-state index contributed by atoms with van der Waals surface area (Å²) < 4.78 is 0.910. The zero-order chi connectivity index (χ0) is 15.4. The lowest BCUT2D eigenvalue weighted by atomic mass is 10.2. The van der Waals surface area contributed by atoms with E-state index in [1.807, 2.05) is 18.2 Å². The largest absolute Gasteiger partial charge is 0.358 e. The van der Waals surface area contributed by atoms with E-state index >= 15 is 0 Å². The van der Waals surface area contributed by atoms with Crippen molar-refractivity contribution in [1.29, 1.82) is 0 Å². The van der Waals surface area contributed by atoms with Crippen LogP contribution in [0.3, 0.4) is 0 Å². The molecule has 0 amide bonds. The van der Waals surface area contributed by atoms with E-state index < -0.39 is 0 Å². The van der Waals surface area contributed by atoms with Crippen molar-refractivity contribution in [2.45, 2.75) is 6.54 Å². The Kier molecular flexibility index (Phi) is 6.14. The first-order valence-electron chi connectivity index (χ1n) is 5.89. The van der Waals surface area contributed by atoms with Crippen LogP contribution in [0.15, 0.2) is 40.9 Å². The molecule has 0 heterocycles. The van der Waals surface area contributed by atoms with Crippen LogP contribution in [-0.2, 0) is 6.54 Å². The van der Waals surface area contributed by atoms with Crippen molar-refractivity contribution in [2.24, 2.45) is 0 Å². The highest BCUT2D eigenvalue weighted by Gasteiger charge is 2.04. The highest BCUT2D eigenvalue weighted by molar-refractivity contribution is 9.10. The summed E-state index contributed by atoms with van der Waals surface area (Å²) in [5, 5.41) is 8.24. The molecule has 2 nitrogen and oxygen atoms in total. The maximum absolute atomic E-state index is 6.12. The Balaban J connectivity index is 1.94. The summed E-state index contributed by atoms with van der Waals surface area (Å²) in [5.74, 6) is 0. The number of halogens is 4. The second kappa shape index (κ2) is 7.65. The van der Waals surface area contributed by atoms with Crippen molar-refractivity contribution >= 4 is 73.8 Å². The van der Waals surface area contributed by atoms with Gasteiger partial charge in [0.05, 0.1) is 20.8 Å². The zero-order valence-corrected chi connectivity index (χ0v) is 15.3. The fraction of sp³-hybridized carbons (Fsp3) is 0.0714. The van der Waals surface area contributed by atoms with Crippen molar-refractivity contribution in [3.05, 3.63) is 61.5 Å². The van der Waals surface area contributed by atoms with Gasteiger partial charge in [-0.1, -0.05) is 56.8 Å². The van der Waals surface area contributed by atoms with E-state index in [9.17, 15) is 0 Å². The SMILES string of the molecule is S=C(NCc1ccc(Cl)c(Cl)c1)Nc1ccc(Br)cc1Cl. The van der Waals surface area contributed by atoms with Crippen molar-refractivity contribution < 1.29 is 0 Å². The van der Waals surface area contributed by atoms with Gasteiger partial charge in [-0.05, 0) is 48.1 Å². The standard InChI is InChI=1S/C14H10BrCl3N2S/c15-9-2-4-13(12(18)6-9)20-14(21)19-7-8-1-3-10(16)11(17)5-8/h1-6H,7H2,(H2,19,20,21). The van der Waals surface area contributed by atoms with E-state index in [0.717, 1.165) is 15.7 Å². The Bertz CT molecular complexity index is 679. The summed E-state index contributed by atoms with van der Waals surface area (Å²) in [7, 11) is 0. The molecule has 2 aromatic carbocycles. The molecule has 0 saturated heterocycles. The molecule has 21 heavy (non-hydrogen) atoms. The van der Waals surface area contributed by atoms with E-state index in [1.165, 1.54) is 0 Å². The number of hydrogen-bond acceptors (Lipinski definition) is 1. The van der Waals surface area contributed by atoms with Gasteiger partial charge in [-0.25, -0.2) is 0 Å². The lowest BCUT2D eigenvalue weighted by Crippen LogP contribution is -2.28. The molecule has 0 aliphatic heterocycles. The predicted molar refractivity (Wildman–Crippen MR) is 98.7 cm³/mol. The number of hydrogen-bond donors (Lipinski definition) is 2. The van der Waals surface area contributed by atoms with Gasteiger partial charge < -0.3 is 10.6 Å². The average Bonchev–Trinajstić information content (AvgIpc) is 2.43. The van der Waals surface area contributed by atoms with Gasteiger partial charge in [-0.15, -0.1) is 0 Å². The summed E-state index contributed by atoms with van der Waals surface area (Å²) in [6.07, 6.45) is 0. The van der Waals surface area contributed by atoms with Crippen molar-refractivity contribution in [1.82, 2.24) is 5.32 Å². The minimum atomic E-state index is 0.477. The number of nitrogens with one attached hydrogen (secondary N) is 2. The van der Waals surface area contributed by atoms with Crippen LogP contribution in [0, 0.1) is 0 Å². The number of rotatable bonds is 3. The third-order valence-corrected chi connectivity index (χ3v) is 4.41. The fourth-order valence-corrected chi connectivity index (χ4v) is 2.81. The molecule has 0 saturated carbocycles. The first-order valence-corrected chi connectivity index (χ1v) is 8.23. The van der Waals surface area contributed by atoms with E-state index in [0.29, 0.717) is 26.7 Å². The first kappa shape index (κ1) is 16.8. The van der Waals surface area contributed by atoms with Crippen molar-refractivity contribution in [3.63, 3.8) is 0 Å². The molecule has 0 aliphatic rings. The zero-order valence-electron chi connectivity index (χ0n) is 10.6. The minimum absolute atomic E-state index is 0.477. The number of benzene rings is 2. The second-order valence-corrected chi connectivity index (χ2v) is 6.73. The summed E-state index contributed by atoms with van der Waals surface area (Å²) >= 11 is 26.5. The van der Waals surface area contributed by atoms with E-state index in [-0.39, 0.29) is 0 Å². The van der Waals surface area contributed by atoms with Gasteiger partial charge in [-0.2, -0.15) is 0 Å². The maximum atomic E-state index is 6.12. The monoisotopic (exact) mass is 422 g/mol. The topological polar surface area (TPSA) is 24.1 Å². The predicted octanol–water partition coefficient (Wildman–Crippen LogP) is 5.90. The van der Waals surface area contributed by atoms with Crippen LogP contribution in [0.2, 0.25) is 15.1 Å².